The minimum absolute atomic E-state index is 0.373. The number of nitrogens with zero attached hydrogens (tertiary/aromatic N) is 6. The number of imidazole rings is 1. The van der Waals surface area contributed by atoms with E-state index in [4.69, 9.17) is 15.7 Å². The first kappa shape index (κ1) is 16.1. The lowest BCUT2D eigenvalue weighted by Gasteiger charge is -2.36. The molecule has 1 aliphatic carbocycles. The largest absolute Gasteiger partial charge is 0.382 e. The van der Waals surface area contributed by atoms with Crippen molar-refractivity contribution in [3.63, 3.8) is 0 Å². The van der Waals surface area contributed by atoms with Gasteiger partial charge in [-0.15, -0.1) is 0 Å². The van der Waals surface area contributed by atoms with E-state index in [1.54, 1.807) is 6.33 Å². The number of hydrogen-bond acceptors (Lipinski definition) is 6. The summed E-state index contributed by atoms with van der Waals surface area (Å²) in [5, 5.41) is 0. The maximum absolute atomic E-state index is 6.03. The molecule has 0 unspecified atom stereocenters. The van der Waals surface area contributed by atoms with Gasteiger partial charge in [-0.1, -0.05) is 36.4 Å². The van der Waals surface area contributed by atoms with Crippen LogP contribution in [0.15, 0.2) is 61.2 Å². The Balaban J connectivity index is 1.71. The van der Waals surface area contributed by atoms with Gasteiger partial charge in [-0.2, -0.15) is 0 Å². The molecule has 29 heavy (non-hydrogen) atoms. The Bertz CT molecular complexity index is 1420. The van der Waals surface area contributed by atoms with Crippen LogP contribution in [0.1, 0.15) is 18.2 Å². The van der Waals surface area contributed by atoms with Crippen molar-refractivity contribution in [2.45, 2.75) is 18.9 Å². The van der Waals surface area contributed by atoms with Gasteiger partial charge in [0.2, 0.25) is 0 Å². The molecule has 5 aromatic rings. The van der Waals surface area contributed by atoms with Crippen LogP contribution >= 0.6 is 0 Å². The molecule has 0 radical (unpaired) electrons. The number of para-hydroxylation sites is 2. The predicted octanol–water partition coefficient (Wildman–Crippen LogP) is 3.34. The third-order valence-electron chi connectivity index (χ3n) is 5.78. The van der Waals surface area contributed by atoms with Crippen LogP contribution in [0.25, 0.3) is 33.5 Å². The van der Waals surface area contributed by atoms with E-state index in [9.17, 15) is 0 Å². The first-order valence-electron chi connectivity index (χ1n) is 9.45. The molecule has 0 saturated carbocycles. The first-order chi connectivity index (χ1) is 14.1. The van der Waals surface area contributed by atoms with E-state index in [0.717, 1.165) is 34.4 Å². The minimum atomic E-state index is -0.518. The van der Waals surface area contributed by atoms with Crippen LogP contribution in [0, 0.1) is 0 Å². The fraction of sp³-hybridized carbons (Fsp3) is 0.136. The summed E-state index contributed by atoms with van der Waals surface area (Å²) in [5.41, 5.74) is 12.7. The molecule has 6 rings (SSSR count). The van der Waals surface area contributed by atoms with E-state index in [0.29, 0.717) is 17.0 Å². The highest BCUT2D eigenvalue weighted by Gasteiger charge is 2.40. The molecule has 7 heteroatoms. The second-order valence-electron chi connectivity index (χ2n) is 7.56. The van der Waals surface area contributed by atoms with Gasteiger partial charge in [0.25, 0.3) is 0 Å². The second-order valence-corrected chi connectivity index (χ2v) is 7.56. The van der Waals surface area contributed by atoms with Crippen LogP contribution in [0.3, 0.4) is 0 Å². The van der Waals surface area contributed by atoms with E-state index in [-0.39, 0.29) is 0 Å². The fourth-order valence-corrected chi connectivity index (χ4v) is 4.34. The zero-order chi connectivity index (χ0) is 19.6. The molecule has 2 aromatic carbocycles. The van der Waals surface area contributed by atoms with Gasteiger partial charge < -0.3 is 10.3 Å². The molecule has 1 atom stereocenters. The maximum atomic E-state index is 6.03. The van der Waals surface area contributed by atoms with Crippen molar-refractivity contribution < 1.29 is 0 Å². The minimum Gasteiger partial charge on any atom is -0.382 e. The van der Waals surface area contributed by atoms with Crippen LogP contribution in [-0.2, 0) is 12.0 Å². The zero-order valence-corrected chi connectivity index (χ0v) is 15.7. The van der Waals surface area contributed by atoms with Crippen LogP contribution < -0.4 is 5.73 Å². The summed E-state index contributed by atoms with van der Waals surface area (Å²) >= 11 is 0. The molecule has 140 valence electrons. The van der Waals surface area contributed by atoms with Gasteiger partial charge in [0, 0.05) is 12.0 Å². The Morgan fingerprint density at radius 1 is 0.931 bits per heavy atom. The monoisotopic (exact) mass is 379 g/mol. The molecule has 3 aromatic heterocycles. The van der Waals surface area contributed by atoms with E-state index in [1.807, 2.05) is 30.3 Å². The normalized spacial score (nSPS) is 18.0. The number of benzene rings is 2. The van der Waals surface area contributed by atoms with E-state index in [2.05, 4.69) is 44.6 Å². The van der Waals surface area contributed by atoms with Gasteiger partial charge in [-0.25, -0.2) is 24.9 Å². The van der Waals surface area contributed by atoms with Crippen LogP contribution in [0.2, 0.25) is 0 Å². The molecule has 0 aliphatic heterocycles. The smallest absolute Gasteiger partial charge is 0.166 e. The summed E-state index contributed by atoms with van der Waals surface area (Å²) in [7, 11) is 0. The van der Waals surface area contributed by atoms with Crippen LogP contribution in [0.4, 0.5) is 5.82 Å². The van der Waals surface area contributed by atoms with E-state index in [1.165, 1.54) is 11.9 Å². The van der Waals surface area contributed by atoms with Gasteiger partial charge in [0.1, 0.15) is 11.8 Å². The van der Waals surface area contributed by atoms with Crippen molar-refractivity contribution in [3.8, 4) is 11.3 Å². The lowest BCUT2D eigenvalue weighted by molar-refractivity contribution is 0.383. The van der Waals surface area contributed by atoms with E-state index < -0.39 is 5.54 Å². The van der Waals surface area contributed by atoms with Gasteiger partial charge in [-0.05, 0) is 24.6 Å². The van der Waals surface area contributed by atoms with Crippen LogP contribution in [-0.4, -0.2) is 29.5 Å². The molecular weight excluding hydrogens is 362 g/mol. The van der Waals surface area contributed by atoms with Gasteiger partial charge in [-0.3, -0.25) is 0 Å². The number of hydrogen-bond donors (Lipinski definition) is 1. The number of anilines is 1. The highest BCUT2D eigenvalue weighted by molar-refractivity contribution is 5.83. The maximum Gasteiger partial charge on any atom is 0.166 e. The molecule has 0 saturated heterocycles. The van der Waals surface area contributed by atoms with Crippen molar-refractivity contribution in [1.29, 1.82) is 0 Å². The van der Waals surface area contributed by atoms with Gasteiger partial charge in [0.05, 0.1) is 34.3 Å². The number of rotatable bonds is 1. The lowest BCUT2D eigenvalue weighted by Crippen LogP contribution is -2.38. The van der Waals surface area contributed by atoms with Crippen molar-refractivity contribution in [2.75, 3.05) is 5.73 Å². The quantitative estimate of drug-likeness (QED) is 0.480. The summed E-state index contributed by atoms with van der Waals surface area (Å²) in [6, 6.07) is 16.3. The van der Waals surface area contributed by atoms with Crippen molar-refractivity contribution in [2.24, 2.45) is 0 Å². The molecule has 1 aliphatic rings. The molecular formula is C22H17N7. The number of aromatic nitrogens is 6. The number of fused-ring (bicyclic) bond motifs is 5. The Kier molecular flexibility index (Phi) is 3.10. The summed E-state index contributed by atoms with van der Waals surface area (Å²) in [6.07, 6.45) is 4.01. The predicted molar refractivity (Wildman–Crippen MR) is 111 cm³/mol. The summed E-state index contributed by atoms with van der Waals surface area (Å²) in [4.78, 5) is 23.1. The van der Waals surface area contributed by atoms with Crippen molar-refractivity contribution >= 4 is 28.0 Å². The standard InChI is InChI=1S/C22H17N7/c1-22(29-12-26-18-20(23)24-11-25-21(18)29)10-13-6-2-3-7-14(13)17-19(22)28-16-9-5-4-8-15(16)27-17/h2-9,11-12H,10H2,1H3,(H2,23,24,25)/t22-/m1/s1. The van der Waals surface area contributed by atoms with Gasteiger partial charge in [0.15, 0.2) is 11.5 Å². The highest BCUT2D eigenvalue weighted by atomic mass is 15.2. The van der Waals surface area contributed by atoms with E-state index >= 15 is 0 Å². The highest BCUT2D eigenvalue weighted by Crippen LogP contribution is 2.43. The molecule has 2 N–H and O–H groups in total. The number of nitrogen functional groups attached to an aromatic ring is 1. The number of nitrogens with two attached hydrogens (primary N) is 1. The zero-order valence-electron chi connectivity index (χ0n) is 15.7. The molecule has 7 nitrogen and oxygen atoms in total. The molecule has 0 amide bonds. The average molecular weight is 379 g/mol. The van der Waals surface area contributed by atoms with Gasteiger partial charge >= 0.3 is 0 Å². The second kappa shape index (κ2) is 5.57. The SMILES string of the molecule is C[C@@]1(n2cnc3c(N)ncnc32)Cc2ccccc2-c2nc3ccccc3nc21. The Hall–Kier alpha value is -3.87. The molecule has 3 heterocycles. The Labute approximate surface area is 166 Å². The molecule has 0 bridgehead atoms. The third-order valence-corrected chi connectivity index (χ3v) is 5.78. The molecule has 0 fully saturated rings. The summed E-state index contributed by atoms with van der Waals surface area (Å²) in [5.74, 6) is 0.373. The first-order valence-corrected chi connectivity index (χ1v) is 9.45. The average Bonchev–Trinajstić information content (AvgIpc) is 3.19. The topological polar surface area (TPSA) is 95.4 Å². The third kappa shape index (κ3) is 2.15. The van der Waals surface area contributed by atoms with Crippen molar-refractivity contribution in [1.82, 2.24) is 29.5 Å². The van der Waals surface area contributed by atoms with Crippen molar-refractivity contribution in [3.05, 3.63) is 72.4 Å². The lowest BCUT2D eigenvalue weighted by atomic mass is 9.79. The Morgan fingerprint density at radius 2 is 1.69 bits per heavy atom. The fourth-order valence-electron chi connectivity index (χ4n) is 4.34. The van der Waals surface area contributed by atoms with Crippen LogP contribution in [0.5, 0.6) is 0 Å². The summed E-state index contributed by atoms with van der Waals surface area (Å²) < 4.78 is 2.05. The molecule has 0 spiro atoms. The Morgan fingerprint density at radius 3 is 2.55 bits per heavy atom. The summed E-state index contributed by atoms with van der Waals surface area (Å²) in [6.45, 7) is 2.16.